The smallest absolute Gasteiger partial charge is 0.263 e. The van der Waals surface area contributed by atoms with Gasteiger partial charge in [-0.25, -0.2) is 0 Å². The summed E-state index contributed by atoms with van der Waals surface area (Å²) in [6.45, 7) is 13.3. The lowest BCUT2D eigenvalue weighted by Crippen LogP contribution is -2.26. The summed E-state index contributed by atoms with van der Waals surface area (Å²) in [6, 6.07) is 9.49. The molecule has 20 heavy (non-hydrogen) atoms. The summed E-state index contributed by atoms with van der Waals surface area (Å²) in [5.41, 5.74) is 7.30. The molecule has 1 aromatic carbocycles. The van der Waals surface area contributed by atoms with Gasteiger partial charge < -0.3 is 14.9 Å². The van der Waals surface area contributed by atoms with E-state index in [1.807, 2.05) is 44.2 Å². The second-order valence-corrected chi connectivity index (χ2v) is 10.2. The minimum Gasteiger partial charge on any atom is -0.520 e. The van der Waals surface area contributed by atoms with Crippen molar-refractivity contribution in [2.75, 3.05) is 12.3 Å². The zero-order valence-corrected chi connectivity index (χ0v) is 14.7. The molecule has 0 bridgehead atoms. The van der Waals surface area contributed by atoms with Gasteiger partial charge in [-0.05, 0) is 52.0 Å². The number of rotatable bonds is 5. The van der Waals surface area contributed by atoms with Crippen LogP contribution in [0.4, 0.5) is 5.69 Å². The Morgan fingerprint density at radius 3 is 1.95 bits per heavy atom. The number of hydrogen-bond acceptors (Lipinski definition) is 3. The molecule has 0 aromatic heterocycles. The summed E-state index contributed by atoms with van der Waals surface area (Å²) in [7, 11) is -1.52. The number of ether oxygens (including phenoxy) is 1. The van der Waals surface area contributed by atoms with Crippen molar-refractivity contribution in [2.45, 2.75) is 46.8 Å². The van der Waals surface area contributed by atoms with Crippen molar-refractivity contribution in [3.63, 3.8) is 0 Å². The molecule has 0 aliphatic rings. The van der Waals surface area contributed by atoms with Crippen molar-refractivity contribution in [3.05, 3.63) is 41.9 Å². The van der Waals surface area contributed by atoms with Crippen molar-refractivity contribution >= 4 is 14.0 Å². The first kappa shape index (κ1) is 18.6. The van der Waals surface area contributed by atoms with Gasteiger partial charge in [0.05, 0.1) is 6.61 Å². The van der Waals surface area contributed by atoms with Gasteiger partial charge in [0, 0.05) is 11.3 Å². The van der Waals surface area contributed by atoms with Crippen LogP contribution in [0, 0.1) is 0 Å². The predicted octanol–water partition coefficient (Wildman–Crippen LogP) is 4.78. The molecule has 0 spiro atoms. The van der Waals surface area contributed by atoms with E-state index in [1.165, 1.54) is 0 Å². The standard InChI is InChI=1S/C10H22O2Si.C6H7N/c1-7-8-11-10(9(2)3)12-13(4,5)6;7-6-4-2-1-3-5-6/h7-8H2,1-6H3;1-5H,7H2. The van der Waals surface area contributed by atoms with Crippen molar-refractivity contribution < 1.29 is 9.16 Å². The number of nitrogen functional groups attached to an aromatic ring is 1. The first-order valence-electron chi connectivity index (χ1n) is 7.06. The zero-order valence-electron chi connectivity index (χ0n) is 13.7. The Labute approximate surface area is 124 Å². The molecule has 0 saturated carbocycles. The number of para-hydroxylation sites is 1. The van der Waals surface area contributed by atoms with E-state index >= 15 is 0 Å². The Balaban J connectivity index is 0.000000428. The zero-order chi connectivity index (χ0) is 15.6. The largest absolute Gasteiger partial charge is 0.520 e. The van der Waals surface area contributed by atoms with Gasteiger partial charge in [0.25, 0.3) is 5.95 Å². The quantitative estimate of drug-likeness (QED) is 0.483. The van der Waals surface area contributed by atoms with Crippen molar-refractivity contribution in [3.8, 4) is 0 Å². The highest BCUT2D eigenvalue weighted by molar-refractivity contribution is 6.70. The average Bonchev–Trinajstić information content (AvgIpc) is 2.34. The molecule has 0 aliphatic carbocycles. The van der Waals surface area contributed by atoms with Gasteiger partial charge in [0.2, 0.25) is 8.32 Å². The molecule has 0 atom stereocenters. The molecule has 1 rings (SSSR count). The van der Waals surface area contributed by atoms with Crippen LogP contribution < -0.4 is 5.73 Å². The Hall–Kier alpha value is -1.42. The van der Waals surface area contributed by atoms with Crippen LogP contribution in [0.25, 0.3) is 0 Å². The number of nitrogens with two attached hydrogens (primary N) is 1. The number of allylic oxidation sites excluding steroid dienone is 1. The van der Waals surface area contributed by atoms with Crippen molar-refractivity contribution in [1.29, 1.82) is 0 Å². The number of hydrogen-bond donors (Lipinski definition) is 1. The molecule has 4 heteroatoms. The average molecular weight is 295 g/mol. The van der Waals surface area contributed by atoms with Gasteiger partial charge in [-0.1, -0.05) is 25.1 Å². The van der Waals surface area contributed by atoms with Crippen LogP contribution >= 0.6 is 0 Å². The molecule has 0 heterocycles. The van der Waals surface area contributed by atoms with E-state index in [0.717, 1.165) is 30.2 Å². The van der Waals surface area contributed by atoms with E-state index in [-0.39, 0.29) is 0 Å². The van der Waals surface area contributed by atoms with E-state index in [4.69, 9.17) is 14.9 Å². The van der Waals surface area contributed by atoms with Crippen LogP contribution in [0.1, 0.15) is 27.2 Å². The lowest BCUT2D eigenvalue weighted by molar-refractivity contribution is 0.0989. The highest BCUT2D eigenvalue weighted by Gasteiger charge is 2.19. The van der Waals surface area contributed by atoms with Crippen molar-refractivity contribution in [2.24, 2.45) is 0 Å². The van der Waals surface area contributed by atoms with Gasteiger partial charge in [-0.2, -0.15) is 0 Å². The molecule has 0 unspecified atom stereocenters. The van der Waals surface area contributed by atoms with Crippen LogP contribution in [0.3, 0.4) is 0 Å². The SMILES string of the molecule is CCCOC(O[Si](C)(C)C)=C(C)C.Nc1ccccc1. The summed E-state index contributed by atoms with van der Waals surface area (Å²) in [5.74, 6) is 0.737. The summed E-state index contributed by atoms with van der Waals surface area (Å²) in [4.78, 5) is 0. The van der Waals surface area contributed by atoms with Crippen LogP contribution in [-0.4, -0.2) is 14.9 Å². The lowest BCUT2D eigenvalue weighted by atomic mass is 10.3. The van der Waals surface area contributed by atoms with E-state index < -0.39 is 8.32 Å². The second kappa shape index (κ2) is 9.48. The number of benzene rings is 1. The predicted molar refractivity (Wildman–Crippen MR) is 89.9 cm³/mol. The fraction of sp³-hybridized carbons (Fsp3) is 0.500. The maximum absolute atomic E-state index is 5.80. The molecule has 0 radical (unpaired) electrons. The first-order valence-corrected chi connectivity index (χ1v) is 10.5. The molecule has 0 fully saturated rings. The Morgan fingerprint density at radius 1 is 1.10 bits per heavy atom. The third-order valence-electron chi connectivity index (χ3n) is 2.04. The Bertz CT molecular complexity index is 393. The minimum atomic E-state index is -1.52. The van der Waals surface area contributed by atoms with Gasteiger partial charge in [-0.3, -0.25) is 0 Å². The third kappa shape index (κ3) is 10.5. The molecule has 0 aliphatic heterocycles. The normalized spacial score (nSPS) is 10.1. The minimum absolute atomic E-state index is 0.737. The Kier molecular flexibility index (Phi) is 8.80. The van der Waals surface area contributed by atoms with Crippen LogP contribution in [0.2, 0.25) is 19.6 Å². The molecule has 1 aromatic rings. The van der Waals surface area contributed by atoms with Gasteiger partial charge in [0.1, 0.15) is 0 Å². The van der Waals surface area contributed by atoms with E-state index in [9.17, 15) is 0 Å². The van der Waals surface area contributed by atoms with Crippen LogP contribution in [0.15, 0.2) is 41.9 Å². The lowest BCUT2D eigenvalue weighted by Gasteiger charge is -2.22. The van der Waals surface area contributed by atoms with Gasteiger partial charge in [-0.15, -0.1) is 0 Å². The molecular weight excluding hydrogens is 266 g/mol. The molecule has 114 valence electrons. The maximum Gasteiger partial charge on any atom is 0.263 e. The molecule has 0 saturated heterocycles. The summed E-state index contributed by atoms with van der Waals surface area (Å²) in [5, 5.41) is 0. The third-order valence-corrected chi connectivity index (χ3v) is 2.84. The molecule has 0 amide bonds. The highest BCUT2D eigenvalue weighted by atomic mass is 28.4. The monoisotopic (exact) mass is 295 g/mol. The maximum atomic E-state index is 5.80. The fourth-order valence-corrected chi connectivity index (χ4v) is 2.02. The van der Waals surface area contributed by atoms with Crippen molar-refractivity contribution in [1.82, 2.24) is 0 Å². The summed E-state index contributed by atoms with van der Waals surface area (Å²) < 4.78 is 11.3. The topological polar surface area (TPSA) is 44.5 Å². The molecule has 2 N–H and O–H groups in total. The van der Waals surface area contributed by atoms with Gasteiger partial charge in [0.15, 0.2) is 0 Å². The van der Waals surface area contributed by atoms with E-state index in [1.54, 1.807) is 0 Å². The summed E-state index contributed by atoms with van der Waals surface area (Å²) >= 11 is 0. The first-order chi connectivity index (χ1) is 9.26. The van der Waals surface area contributed by atoms with E-state index in [0.29, 0.717) is 0 Å². The molecule has 3 nitrogen and oxygen atoms in total. The molecular formula is C16H29NO2Si. The Morgan fingerprint density at radius 2 is 1.65 bits per heavy atom. The van der Waals surface area contributed by atoms with E-state index in [2.05, 4.69) is 26.6 Å². The fourth-order valence-electron chi connectivity index (χ4n) is 1.20. The summed E-state index contributed by atoms with van der Waals surface area (Å²) in [6.07, 6.45) is 1.02. The van der Waals surface area contributed by atoms with Crippen LogP contribution in [-0.2, 0) is 9.16 Å². The number of anilines is 1. The highest BCUT2D eigenvalue weighted by Crippen LogP contribution is 2.15. The van der Waals surface area contributed by atoms with Gasteiger partial charge >= 0.3 is 0 Å². The second-order valence-electron chi connectivity index (χ2n) is 5.76. The van der Waals surface area contributed by atoms with Crippen LogP contribution in [0.5, 0.6) is 0 Å².